The third-order valence-electron chi connectivity index (χ3n) is 7.52. The summed E-state index contributed by atoms with van der Waals surface area (Å²) in [5, 5.41) is 3.05. The third kappa shape index (κ3) is 4.23. The first kappa shape index (κ1) is 21.3. The van der Waals surface area contributed by atoms with Crippen molar-refractivity contribution in [2.24, 2.45) is 22.2 Å². The zero-order valence-corrected chi connectivity index (χ0v) is 19.3. The predicted molar refractivity (Wildman–Crippen MR) is 122 cm³/mol. The molecule has 8 heteroatoms. The van der Waals surface area contributed by atoms with Gasteiger partial charge in [-0.2, -0.15) is 0 Å². The summed E-state index contributed by atoms with van der Waals surface area (Å²) in [6, 6.07) is 6.41. The molecule has 1 heterocycles. The van der Waals surface area contributed by atoms with Gasteiger partial charge in [-0.05, 0) is 87.5 Å². The second-order valence-corrected chi connectivity index (χ2v) is 12.6. The van der Waals surface area contributed by atoms with E-state index in [4.69, 9.17) is 11.6 Å². The number of hydrogen-bond donors (Lipinski definition) is 2. The lowest BCUT2D eigenvalue weighted by molar-refractivity contribution is -0.138. The first-order chi connectivity index (χ1) is 14.8. The number of amides is 1. The SMILES string of the molecule is O=C(Nc1ccc(S(=O)(=O)NC2=NCCCCC2)cc1)C12CC3CC(CC(Cl)(C3)C1)C2. The fourth-order valence-electron chi connectivity index (χ4n) is 6.57. The Hall–Kier alpha value is -1.60. The molecule has 0 saturated heterocycles. The monoisotopic (exact) mass is 463 g/mol. The molecule has 4 fully saturated rings. The molecule has 4 saturated carbocycles. The van der Waals surface area contributed by atoms with Crippen LogP contribution in [0.15, 0.2) is 34.2 Å². The number of anilines is 1. The molecular formula is C23H30ClN3O3S. The molecule has 31 heavy (non-hydrogen) atoms. The quantitative estimate of drug-likeness (QED) is 0.646. The number of halogens is 1. The maximum absolute atomic E-state index is 13.3. The molecule has 0 radical (unpaired) electrons. The Morgan fingerprint density at radius 1 is 1.03 bits per heavy atom. The van der Waals surface area contributed by atoms with E-state index in [1.807, 2.05) is 0 Å². The highest BCUT2D eigenvalue weighted by molar-refractivity contribution is 7.90. The van der Waals surface area contributed by atoms with Crippen LogP contribution in [-0.2, 0) is 14.8 Å². The van der Waals surface area contributed by atoms with Gasteiger partial charge in [-0.3, -0.25) is 14.5 Å². The van der Waals surface area contributed by atoms with Gasteiger partial charge in [0.15, 0.2) is 0 Å². The first-order valence-corrected chi connectivity index (χ1v) is 13.3. The van der Waals surface area contributed by atoms with Gasteiger partial charge in [-0.1, -0.05) is 6.42 Å². The highest BCUT2D eigenvalue weighted by Gasteiger charge is 2.60. The van der Waals surface area contributed by atoms with E-state index in [0.717, 1.165) is 51.4 Å². The van der Waals surface area contributed by atoms with E-state index in [2.05, 4.69) is 15.0 Å². The molecule has 4 bridgehead atoms. The van der Waals surface area contributed by atoms with Gasteiger partial charge in [-0.15, -0.1) is 11.6 Å². The number of benzene rings is 1. The molecular weight excluding hydrogens is 434 g/mol. The topological polar surface area (TPSA) is 87.6 Å². The lowest BCUT2D eigenvalue weighted by Crippen LogP contribution is -2.57. The highest BCUT2D eigenvalue weighted by Crippen LogP contribution is 2.64. The van der Waals surface area contributed by atoms with Crippen LogP contribution in [0, 0.1) is 17.3 Å². The molecule has 0 aromatic heterocycles. The number of hydrogen-bond acceptors (Lipinski definition) is 4. The summed E-state index contributed by atoms with van der Waals surface area (Å²) in [6.45, 7) is 0.663. The Morgan fingerprint density at radius 3 is 2.42 bits per heavy atom. The van der Waals surface area contributed by atoms with Crippen molar-refractivity contribution in [3.63, 3.8) is 0 Å². The molecule has 2 N–H and O–H groups in total. The normalized spacial score (nSPS) is 34.7. The summed E-state index contributed by atoms with van der Waals surface area (Å²) in [7, 11) is -3.68. The minimum atomic E-state index is -3.68. The molecule has 6 rings (SSSR count). The van der Waals surface area contributed by atoms with Crippen molar-refractivity contribution in [2.45, 2.75) is 74.0 Å². The Bertz CT molecular complexity index is 991. The number of aliphatic imine (C=N–C) groups is 1. The van der Waals surface area contributed by atoms with Crippen LogP contribution in [0.4, 0.5) is 5.69 Å². The van der Waals surface area contributed by atoms with Crippen LogP contribution in [0.3, 0.4) is 0 Å². The molecule has 2 atom stereocenters. The molecule has 4 aliphatic carbocycles. The zero-order valence-electron chi connectivity index (χ0n) is 17.7. The summed E-state index contributed by atoms with van der Waals surface area (Å²) in [6.07, 6.45) is 9.51. The molecule has 168 valence electrons. The van der Waals surface area contributed by atoms with Gasteiger partial charge >= 0.3 is 0 Å². The van der Waals surface area contributed by atoms with Crippen LogP contribution in [0.2, 0.25) is 0 Å². The minimum absolute atomic E-state index is 0.0353. The van der Waals surface area contributed by atoms with Crippen molar-refractivity contribution < 1.29 is 13.2 Å². The summed E-state index contributed by atoms with van der Waals surface area (Å²) in [4.78, 5) is 17.6. The number of carbonyl (C=O) groups is 1. The Balaban J connectivity index is 1.27. The molecule has 5 aliphatic rings. The standard InChI is InChI=1S/C23H30ClN3O3S/c24-23-13-16-10-17(14-23)12-22(11-16,15-23)21(28)26-18-5-7-19(8-6-18)31(29,30)27-20-4-2-1-3-9-25-20/h5-8,16-17H,1-4,9-15H2,(H,25,27)(H,26,28). The number of sulfonamides is 1. The Kier molecular flexibility index (Phi) is 5.32. The molecule has 1 aliphatic heterocycles. The van der Waals surface area contributed by atoms with E-state index in [-0.39, 0.29) is 21.1 Å². The van der Waals surface area contributed by atoms with E-state index >= 15 is 0 Å². The molecule has 2 unspecified atom stereocenters. The number of nitrogens with one attached hydrogen (secondary N) is 2. The number of nitrogens with zero attached hydrogens (tertiary/aromatic N) is 1. The van der Waals surface area contributed by atoms with Crippen LogP contribution in [-0.4, -0.2) is 31.6 Å². The number of amidine groups is 1. The lowest BCUT2D eigenvalue weighted by atomic mass is 9.49. The minimum Gasteiger partial charge on any atom is -0.326 e. The predicted octanol–water partition coefficient (Wildman–Crippen LogP) is 4.45. The van der Waals surface area contributed by atoms with Crippen LogP contribution < -0.4 is 10.0 Å². The van der Waals surface area contributed by atoms with Crippen molar-refractivity contribution in [1.82, 2.24) is 4.72 Å². The Morgan fingerprint density at radius 2 is 1.74 bits per heavy atom. The average molecular weight is 464 g/mol. The number of alkyl halides is 1. The average Bonchev–Trinajstić information content (AvgIpc) is 2.94. The molecule has 1 aromatic rings. The van der Waals surface area contributed by atoms with Crippen molar-refractivity contribution in [3.05, 3.63) is 24.3 Å². The number of carbonyl (C=O) groups excluding carboxylic acids is 1. The molecule has 0 spiro atoms. The third-order valence-corrected chi connectivity index (χ3v) is 9.36. The highest BCUT2D eigenvalue weighted by atomic mass is 35.5. The second kappa shape index (κ2) is 7.77. The summed E-state index contributed by atoms with van der Waals surface area (Å²) in [5.74, 6) is 1.67. The van der Waals surface area contributed by atoms with Gasteiger partial charge in [0.05, 0.1) is 10.3 Å². The van der Waals surface area contributed by atoms with E-state index < -0.39 is 10.0 Å². The summed E-state index contributed by atoms with van der Waals surface area (Å²) < 4.78 is 28.1. The van der Waals surface area contributed by atoms with Crippen molar-refractivity contribution >= 4 is 39.1 Å². The van der Waals surface area contributed by atoms with Gasteiger partial charge < -0.3 is 5.32 Å². The summed E-state index contributed by atoms with van der Waals surface area (Å²) >= 11 is 6.87. The fraction of sp³-hybridized carbons (Fsp3) is 0.652. The second-order valence-electron chi connectivity index (χ2n) is 10.1. The van der Waals surface area contributed by atoms with E-state index in [1.165, 1.54) is 18.6 Å². The fourth-order valence-corrected chi connectivity index (χ4v) is 8.35. The van der Waals surface area contributed by atoms with Gasteiger partial charge in [0.1, 0.15) is 5.84 Å². The van der Waals surface area contributed by atoms with Crippen LogP contribution in [0.1, 0.15) is 64.2 Å². The summed E-state index contributed by atoms with van der Waals surface area (Å²) in [5.41, 5.74) is 0.241. The van der Waals surface area contributed by atoms with Gasteiger partial charge in [0.2, 0.25) is 5.91 Å². The maximum Gasteiger partial charge on any atom is 0.262 e. The lowest BCUT2D eigenvalue weighted by Gasteiger charge is -2.59. The van der Waals surface area contributed by atoms with Gasteiger partial charge in [0.25, 0.3) is 10.0 Å². The van der Waals surface area contributed by atoms with Crippen LogP contribution in [0.5, 0.6) is 0 Å². The zero-order chi connectivity index (χ0) is 21.7. The van der Waals surface area contributed by atoms with E-state index in [0.29, 0.717) is 36.3 Å². The molecule has 6 nitrogen and oxygen atoms in total. The molecule has 1 aromatic carbocycles. The van der Waals surface area contributed by atoms with Crippen LogP contribution in [0.25, 0.3) is 0 Å². The van der Waals surface area contributed by atoms with Gasteiger partial charge in [0, 0.05) is 23.5 Å². The maximum atomic E-state index is 13.3. The van der Waals surface area contributed by atoms with Crippen molar-refractivity contribution in [1.29, 1.82) is 0 Å². The smallest absolute Gasteiger partial charge is 0.262 e. The largest absolute Gasteiger partial charge is 0.326 e. The first-order valence-electron chi connectivity index (χ1n) is 11.4. The number of rotatable bonds is 4. The van der Waals surface area contributed by atoms with Crippen molar-refractivity contribution in [3.8, 4) is 0 Å². The van der Waals surface area contributed by atoms with E-state index in [9.17, 15) is 13.2 Å². The molecule has 1 amide bonds. The Labute approximate surface area is 189 Å². The van der Waals surface area contributed by atoms with Crippen molar-refractivity contribution in [2.75, 3.05) is 11.9 Å². The van der Waals surface area contributed by atoms with Gasteiger partial charge in [-0.25, -0.2) is 8.42 Å². The van der Waals surface area contributed by atoms with Crippen LogP contribution >= 0.6 is 11.6 Å². The van der Waals surface area contributed by atoms with E-state index in [1.54, 1.807) is 12.1 Å².